The second-order valence-corrected chi connectivity index (χ2v) is 9.53. The minimum atomic E-state index is -2.40. The number of ether oxygens (including phenoxy) is 2. The number of non-ortho nitro benzene ring substituents is 2. The molecule has 0 aliphatic carbocycles. The molecule has 0 aromatic heterocycles. The summed E-state index contributed by atoms with van der Waals surface area (Å²) in [5, 5.41) is 119. The average molecular weight is 603 g/mol. The standard InChI is InChI=1S/2C12H15NO8/c2*14-5-8-9(15)10(16)11(17)12(18,21-8)6-1-3-7(4-2-6)13(19)20/h2*1-4,8-11,14-18H,5H2/t2*8-,9-,10+,11-,12+/m11/s1. The van der Waals surface area contributed by atoms with Gasteiger partial charge in [-0.3, -0.25) is 20.2 Å². The number of aliphatic hydroxyl groups excluding tert-OH is 8. The van der Waals surface area contributed by atoms with Crippen LogP contribution in [0.2, 0.25) is 0 Å². The Bertz CT molecular complexity index is 1130. The summed E-state index contributed by atoms with van der Waals surface area (Å²) in [5.74, 6) is -4.80. The number of aliphatic hydroxyl groups is 10. The fourth-order valence-electron chi connectivity index (χ4n) is 4.43. The van der Waals surface area contributed by atoms with Gasteiger partial charge in [-0.1, -0.05) is 0 Å². The third-order valence-corrected chi connectivity index (χ3v) is 6.92. The Morgan fingerprint density at radius 3 is 1.12 bits per heavy atom. The van der Waals surface area contributed by atoms with Crippen molar-refractivity contribution in [1.29, 1.82) is 0 Å². The number of hydrogen-bond acceptors (Lipinski definition) is 16. The highest BCUT2D eigenvalue weighted by molar-refractivity contribution is 5.36. The van der Waals surface area contributed by atoms with E-state index in [2.05, 4.69) is 0 Å². The molecule has 0 saturated carbocycles. The van der Waals surface area contributed by atoms with Crippen molar-refractivity contribution < 1.29 is 70.4 Å². The van der Waals surface area contributed by atoms with E-state index in [1.165, 1.54) is 0 Å². The first-order valence-corrected chi connectivity index (χ1v) is 12.2. The smallest absolute Gasteiger partial charge is 0.269 e. The number of hydrogen-bond donors (Lipinski definition) is 10. The zero-order chi connectivity index (χ0) is 31.6. The molecule has 2 aliphatic heterocycles. The summed E-state index contributed by atoms with van der Waals surface area (Å²) in [6.07, 6.45) is -13.1. The lowest BCUT2D eigenvalue weighted by atomic mass is 9.88. The third kappa shape index (κ3) is 6.24. The van der Waals surface area contributed by atoms with Gasteiger partial charge >= 0.3 is 0 Å². The van der Waals surface area contributed by atoms with Crippen molar-refractivity contribution in [2.45, 2.75) is 60.4 Å². The zero-order valence-electron chi connectivity index (χ0n) is 21.5. The molecule has 10 N–H and O–H groups in total. The molecule has 10 atom stereocenters. The fraction of sp³-hybridized carbons (Fsp3) is 0.500. The molecule has 0 spiro atoms. The van der Waals surface area contributed by atoms with Crippen LogP contribution in [0.25, 0.3) is 0 Å². The van der Waals surface area contributed by atoms with Gasteiger partial charge in [-0.2, -0.15) is 0 Å². The summed E-state index contributed by atoms with van der Waals surface area (Å²) in [4.78, 5) is 19.9. The Morgan fingerprint density at radius 2 is 0.881 bits per heavy atom. The molecule has 0 unspecified atom stereocenters. The van der Waals surface area contributed by atoms with Gasteiger partial charge < -0.3 is 60.5 Å². The van der Waals surface area contributed by atoms with Gasteiger partial charge in [0.1, 0.15) is 48.8 Å². The molecule has 0 bridgehead atoms. The first kappa shape index (κ1) is 33.3. The number of nitro benzene ring substituents is 2. The van der Waals surface area contributed by atoms with Gasteiger partial charge in [0.25, 0.3) is 11.4 Å². The molecule has 2 aliphatic rings. The van der Waals surface area contributed by atoms with Crippen molar-refractivity contribution in [3.63, 3.8) is 0 Å². The first-order chi connectivity index (χ1) is 19.6. The second-order valence-electron chi connectivity index (χ2n) is 9.53. The van der Waals surface area contributed by atoms with Crippen LogP contribution in [0.15, 0.2) is 48.5 Å². The van der Waals surface area contributed by atoms with E-state index < -0.39 is 83.5 Å². The summed E-state index contributed by atoms with van der Waals surface area (Å²) in [6, 6.07) is 8.98. The summed E-state index contributed by atoms with van der Waals surface area (Å²) >= 11 is 0. The van der Waals surface area contributed by atoms with E-state index in [1.807, 2.05) is 0 Å². The maximum absolute atomic E-state index is 10.6. The third-order valence-electron chi connectivity index (χ3n) is 6.92. The molecule has 42 heavy (non-hydrogen) atoms. The van der Waals surface area contributed by atoms with Gasteiger partial charge in [0.2, 0.25) is 11.6 Å². The second kappa shape index (κ2) is 13.0. The summed E-state index contributed by atoms with van der Waals surface area (Å²) < 4.78 is 10.2. The molecular weight excluding hydrogens is 572 g/mol. The van der Waals surface area contributed by atoms with Crippen LogP contribution in [-0.2, 0) is 21.0 Å². The molecule has 18 nitrogen and oxygen atoms in total. The van der Waals surface area contributed by atoms with Crippen LogP contribution in [0.4, 0.5) is 11.4 Å². The molecule has 2 fully saturated rings. The van der Waals surface area contributed by atoms with E-state index >= 15 is 0 Å². The topological polar surface area (TPSA) is 307 Å². The maximum atomic E-state index is 10.6. The van der Waals surface area contributed by atoms with Crippen molar-refractivity contribution in [3.8, 4) is 0 Å². The van der Waals surface area contributed by atoms with Crippen molar-refractivity contribution in [1.82, 2.24) is 0 Å². The zero-order valence-corrected chi connectivity index (χ0v) is 21.5. The molecular formula is C24H30N2O16. The van der Waals surface area contributed by atoms with Crippen LogP contribution in [0.1, 0.15) is 11.1 Å². The van der Waals surface area contributed by atoms with Gasteiger partial charge in [0, 0.05) is 35.4 Å². The number of rotatable bonds is 6. The predicted octanol–water partition coefficient (Wildman–Crippen LogP) is -3.57. The summed E-state index contributed by atoms with van der Waals surface area (Å²) in [7, 11) is 0. The summed E-state index contributed by atoms with van der Waals surface area (Å²) in [5.41, 5.74) is -0.561. The van der Waals surface area contributed by atoms with Crippen molar-refractivity contribution >= 4 is 11.4 Å². The van der Waals surface area contributed by atoms with E-state index in [-0.39, 0.29) is 22.5 Å². The number of benzene rings is 2. The van der Waals surface area contributed by atoms with Crippen molar-refractivity contribution in [3.05, 3.63) is 79.9 Å². The van der Waals surface area contributed by atoms with E-state index in [0.29, 0.717) is 0 Å². The van der Waals surface area contributed by atoms with Crippen LogP contribution in [0.5, 0.6) is 0 Å². The van der Waals surface area contributed by atoms with Crippen LogP contribution in [0, 0.1) is 20.2 Å². The normalized spacial score (nSPS) is 36.4. The summed E-state index contributed by atoms with van der Waals surface area (Å²) in [6.45, 7) is -1.39. The molecule has 18 heteroatoms. The molecule has 2 saturated heterocycles. The maximum Gasteiger partial charge on any atom is 0.269 e. The van der Waals surface area contributed by atoms with Crippen LogP contribution >= 0.6 is 0 Å². The Morgan fingerprint density at radius 1 is 0.595 bits per heavy atom. The Hall–Kier alpha value is -3.24. The molecule has 232 valence electrons. The molecule has 2 aromatic carbocycles. The van der Waals surface area contributed by atoms with E-state index in [4.69, 9.17) is 19.7 Å². The SMILES string of the molecule is O=[N+]([O-])c1ccc([C@]2(O)O[C@H](CO)[C@@H](O)[C@H](O)[C@H]2O)cc1.O=[N+]([O-])c1ccc([C@]2(O)O[C@H](CO)[C@@H](O)[C@H](O)[C@H]2O)cc1. The number of nitrogens with zero attached hydrogens (tertiary/aromatic N) is 2. The lowest BCUT2D eigenvalue weighted by Crippen LogP contribution is -2.63. The van der Waals surface area contributed by atoms with Gasteiger partial charge in [-0.25, -0.2) is 0 Å². The van der Waals surface area contributed by atoms with Crippen LogP contribution in [-0.4, -0.2) is 123 Å². The fourth-order valence-corrected chi connectivity index (χ4v) is 4.43. The Labute approximate surface area is 235 Å². The van der Waals surface area contributed by atoms with E-state index in [0.717, 1.165) is 48.5 Å². The van der Waals surface area contributed by atoms with Crippen molar-refractivity contribution in [2.75, 3.05) is 13.2 Å². The largest absolute Gasteiger partial charge is 0.394 e. The minimum absolute atomic E-state index is 0.0509. The van der Waals surface area contributed by atoms with E-state index in [1.54, 1.807) is 0 Å². The molecule has 2 aromatic rings. The van der Waals surface area contributed by atoms with Crippen molar-refractivity contribution in [2.24, 2.45) is 0 Å². The number of nitro groups is 2. The Kier molecular flexibility index (Phi) is 10.3. The quantitative estimate of drug-likeness (QED) is 0.113. The van der Waals surface area contributed by atoms with Gasteiger partial charge in [-0.05, 0) is 24.3 Å². The average Bonchev–Trinajstić information content (AvgIpc) is 2.99. The highest BCUT2D eigenvalue weighted by Crippen LogP contribution is 2.38. The molecule has 0 radical (unpaired) electrons. The van der Waals surface area contributed by atoms with Gasteiger partial charge in [-0.15, -0.1) is 0 Å². The lowest BCUT2D eigenvalue weighted by Gasteiger charge is -2.45. The minimum Gasteiger partial charge on any atom is -0.394 e. The molecule has 4 rings (SSSR count). The highest BCUT2D eigenvalue weighted by atomic mass is 16.7. The molecule has 0 amide bonds. The monoisotopic (exact) mass is 602 g/mol. The lowest BCUT2D eigenvalue weighted by molar-refractivity contribution is -0.385. The highest BCUT2D eigenvalue weighted by Gasteiger charge is 2.54. The van der Waals surface area contributed by atoms with Crippen LogP contribution in [0.3, 0.4) is 0 Å². The Balaban J connectivity index is 0.000000230. The first-order valence-electron chi connectivity index (χ1n) is 12.2. The van der Waals surface area contributed by atoms with E-state index in [9.17, 15) is 61.1 Å². The predicted molar refractivity (Wildman–Crippen MR) is 134 cm³/mol. The molecule has 2 heterocycles. The van der Waals surface area contributed by atoms with Gasteiger partial charge in [0.05, 0.1) is 23.1 Å². The van der Waals surface area contributed by atoms with Gasteiger partial charge in [0.15, 0.2) is 0 Å². The van der Waals surface area contributed by atoms with Crippen LogP contribution < -0.4 is 0 Å².